The van der Waals surface area contributed by atoms with Crippen LogP contribution in [0.3, 0.4) is 0 Å². The van der Waals surface area contributed by atoms with E-state index in [1.54, 1.807) is 0 Å². The molecule has 4 amide bonds. The molecule has 1 aromatic heterocycles. The van der Waals surface area contributed by atoms with Crippen molar-refractivity contribution in [2.45, 2.75) is 65.5 Å². The number of para-hydroxylation sites is 2. The summed E-state index contributed by atoms with van der Waals surface area (Å²) in [6.07, 6.45) is 2.19. The van der Waals surface area contributed by atoms with Crippen molar-refractivity contribution in [2.24, 2.45) is 17.3 Å². The van der Waals surface area contributed by atoms with Gasteiger partial charge in [0, 0.05) is 0 Å². The zero-order chi connectivity index (χ0) is 23.3. The fourth-order valence-corrected chi connectivity index (χ4v) is 5.68. The van der Waals surface area contributed by atoms with Gasteiger partial charge in [0.1, 0.15) is 17.9 Å². The summed E-state index contributed by atoms with van der Waals surface area (Å²) in [6.45, 7) is 10.0. The predicted molar refractivity (Wildman–Crippen MR) is 122 cm³/mol. The number of aromatic nitrogens is 2. The lowest BCUT2D eigenvalue weighted by Crippen LogP contribution is -2.54. The Morgan fingerprint density at radius 3 is 2.62 bits per heavy atom. The van der Waals surface area contributed by atoms with Crippen LogP contribution in [0.4, 0.5) is 4.79 Å². The summed E-state index contributed by atoms with van der Waals surface area (Å²) in [7, 11) is 0. The minimum Gasteiger partial charge on any atom is -0.344 e. The van der Waals surface area contributed by atoms with Gasteiger partial charge >= 0.3 is 6.03 Å². The molecule has 0 bridgehead atoms. The molecule has 2 heterocycles. The number of benzene rings is 1. The second kappa shape index (κ2) is 7.90. The van der Waals surface area contributed by atoms with Gasteiger partial charge in [-0.1, -0.05) is 46.8 Å². The lowest BCUT2D eigenvalue weighted by atomic mass is 9.64. The fraction of sp³-hybridized carbons (Fsp3) is 0.583. The number of nitrogens with zero attached hydrogens (tertiary/aromatic N) is 2. The second-order valence-electron chi connectivity index (χ2n) is 10.7. The van der Waals surface area contributed by atoms with E-state index in [2.05, 4.69) is 41.4 Å². The summed E-state index contributed by atoms with van der Waals surface area (Å²) in [6, 6.07) is 6.83. The Bertz CT molecular complexity index is 1030. The van der Waals surface area contributed by atoms with Gasteiger partial charge in [-0.05, 0) is 48.6 Å². The smallest absolute Gasteiger partial charge is 0.325 e. The molecule has 1 spiro atoms. The molecule has 0 radical (unpaired) electrons. The van der Waals surface area contributed by atoms with Crippen LogP contribution >= 0.6 is 0 Å². The van der Waals surface area contributed by atoms with E-state index in [1.807, 2.05) is 38.1 Å². The Balaban J connectivity index is 1.49. The SMILES string of the molecule is CC1CC(C)(C)CC2(C1)NC(=O)N(CC(=O)NC(c1nc3ccccc3[nH]1)C(C)C)C2=O. The molecule has 172 valence electrons. The van der Waals surface area contributed by atoms with Gasteiger partial charge in [0.25, 0.3) is 5.91 Å². The quantitative estimate of drug-likeness (QED) is 0.620. The molecule has 1 aliphatic carbocycles. The van der Waals surface area contributed by atoms with E-state index in [0.29, 0.717) is 24.6 Å². The summed E-state index contributed by atoms with van der Waals surface area (Å²) >= 11 is 0. The van der Waals surface area contributed by atoms with Crippen molar-refractivity contribution in [1.29, 1.82) is 0 Å². The Labute approximate surface area is 188 Å². The van der Waals surface area contributed by atoms with Crippen molar-refractivity contribution in [3.05, 3.63) is 30.1 Å². The minimum absolute atomic E-state index is 0.0527. The summed E-state index contributed by atoms with van der Waals surface area (Å²) in [5.74, 6) is 0.366. The van der Waals surface area contributed by atoms with Gasteiger partial charge < -0.3 is 15.6 Å². The molecule has 32 heavy (non-hydrogen) atoms. The van der Waals surface area contributed by atoms with Crippen LogP contribution in [0.25, 0.3) is 11.0 Å². The molecule has 1 saturated heterocycles. The average molecular weight is 440 g/mol. The maximum atomic E-state index is 13.3. The first-order valence-electron chi connectivity index (χ1n) is 11.4. The fourth-order valence-electron chi connectivity index (χ4n) is 5.68. The number of imide groups is 1. The van der Waals surface area contributed by atoms with Crippen molar-refractivity contribution in [3.8, 4) is 0 Å². The summed E-state index contributed by atoms with van der Waals surface area (Å²) in [5, 5.41) is 5.90. The number of urea groups is 1. The van der Waals surface area contributed by atoms with Crippen LogP contribution in [0.15, 0.2) is 24.3 Å². The number of carbonyl (C=O) groups is 3. The molecule has 4 rings (SSSR count). The Morgan fingerprint density at radius 2 is 1.97 bits per heavy atom. The highest BCUT2D eigenvalue weighted by Crippen LogP contribution is 2.46. The van der Waals surface area contributed by atoms with Crippen molar-refractivity contribution < 1.29 is 14.4 Å². The number of hydrogen-bond donors (Lipinski definition) is 3. The number of fused-ring (bicyclic) bond motifs is 1. The van der Waals surface area contributed by atoms with Gasteiger partial charge in [-0.15, -0.1) is 0 Å². The van der Waals surface area contributed by atoms with E-state index in [-0.39, 0.29) is 35.7 Å². The van der Waals surface area contributed by atoms with Crippen LogP contribution in [0.5, 0.6) is 0 Å². The molecular weight excluding hydrogens is 406 g/mol. The summed E-state index contributed by atoms with van der Waals surface area (Å²) in [4.78, 5) is 47.9. The number of carbonyl (C=O) groups excluding carboxylic acids is 3. The maximum Gasteiger partial charge on any atom is 0.325 e. The molecule has 3 N–H and O–H groups in total. The Hall–Kier alpha value is -2.90. The lowest BCUT2D eigenvalue weighted by Gasteiger charge is -2.43. The van der Waals surface area contributed by atoms with Gasteiger partial charge in [0.05, 0.1) is 17.1 Å². The predicted octanol–water partition coefficient (Wildman–Crippen LogP) is 3.51. The van der Waals surface area contributed by atoms with Crippen molar-refractivity contribution in [3.63, 3.8) is 0 Å². The highest BCUT2D eigenvalue weighted by molar-refractivity contribution is 6.09. The molecule has 2 aromatic rings. The third kappa shape index (κ3) is 4.10. The van der Waals surface area contributed by atoms with Crippen LogP contribution in [-0.2, 0) is 9.59 Å². The largest absolute Gasteiger partial charge is 0.344 e. The molecule has 1 saturated carbocycles. The third-order valence-corrected chi connectivity index (χ3v) is 6.61. The van der Waals surface area contributed by atoms with E-state index >= 15 is 0 Å². The standard InChI is InChI=1S/C24H33N5O3/c1-14(2)19(20-25-16-8-6-7-9-17(16)26-20)27-18(30)12-29-21(31)24(28-22(29)32)11-15(3)10-23(4,5)13-24/h6-9,14-15,19H,10-13H2,1-5H3,(H,25,26)(H,27,30)(H,28,32). The first kappa shape index (κ1) is 22.3. The molecular formula is C24H33N5O3. The summed E-state index contributed by atoms with van der Waals surface area (Å²) < 4.78 is 0. The topological polar surface area (TPSA) is 107 Å². The number of aromatic amines is 1. The number of rotatable bonds is 5. The van der Waals surface area contributed by atoms with E-state index in [1.165, 1.54) is 0 Å². The molecule has 3 unspecified atom stereocenters. The van der Waals surface area contributed by atoms with Crippen LogP contribution in [0.2, 0.25) is 0 Å². The Kier molecular flexibility index (Phi) is 5.51. The van der Waals surface area contributed by atoms with E-state index in [0.717, 1.165) is 22.4 Å². The highest BCUT2D eigenvalue weighted by atomic mass is 16.2. The molecule has 1 aromatic carbocycles. The second-order valence-corrected chi connectivity index (χ2v) is 10.7. The number of amides is 4. The van der Waals surface area contributed by atoms with Gasteiger partial charge in [-0.3, -0.25) is 14.5 Å². The third-order valence-electron chi connectivity index (χ3n) is 6.61. The normalized spacial score (nSPS) is 26.1. The van der Waals surface area contributed by atoms with Crippen molar-refractivity contribution in [2.75, 3.05) is 6.54 Å². The zero-order valence-corrected chi connectivity index (χ0v) is 19.5. The van der Waals surface area contributed by atoms with E-state index in [9.17, 15) is 14.4 Å². The van der Waals surface area contributed by atoms with Crippen molar-refractivity contribution in [1.82, 2.24) is 25.5 Å². The van der Waals surface area contributed by atoms with Crippen LogP contribution in [0, 0.1) is 17.3 Å². The molecule has 2 fully saturated rings. The average Bonchev–Trinajstić information content (AvgIpc) is 3.19. The zero-order valence-electron chi connectivity index (χ0n) is 19.5. The van der Waals surface area contributed by atoms with Gasteiger partial charge in [-0.25, -0.2) is 9.78 Å². The van der Waals surface area contributed by atoms with Crippen LogP contribution in [-0.4, -0.2) is 44.8 Å². The molecule has 3 atom stereocenters. The van der Waals surface area contributed by atoms with E-state index in [4.69, 9.17) is 0 Å². The first-order valence-corrected chi connectivity index (χ1v) is 11.4. The number of hydrogen-bond acceptors (Lipinski definition) is 4. The number of nitrogens with one attached hydrogen (secondary N) is 3. The molecule has 8 nitrogen and oxygen atoms in total. The number of imidazole rings is 1. The first-order chi connectivity index (χ1) is 15.0. The van der Waals surface area contributed by atoms with E-state index < -0.39 is 11.6 Å². The molecule has 1 aliphatic heterocycles. The molecule has 8 heteroatoms. The molecule has 2 aliphatic rings. The monoisotopic (exact) mass is 439 g/mol. The van der Waals surface area contributed by atoms with Gasteiger partial charge in [-0.2, -0.15) is 0 Å². The van der Waals surface area contributed by atoms with Gasteiger partial charge in [0.15, 0.2) is 0 Å². The summed E-state index contributed by atoms with van der Waals surface area (Å²) in [5.41, 5.74) is 0.761. The maximum absolute atomic E-state index is 13.3. The Morgan fingerprint density at radius 1 is 1.25 bits per heavy atom. The van der Waals surface area contributed by atoms with Crippen LogP contribution < -0.4 is 10.6 Å². The minimum atomic E-state index is -0.908. The number of H-pyrrole nitrogens is 1. The lowest BCUT2D eigenvalue weighted by molar-refractivity contribution is -0.137. The van der Waals surface area contributed by atoms with Crippen molar-refractivity contribution >= 4 is 28.9 Å². The highest BCUT2D eigenvalue weighted by Gasteiger charge is 2.56. The van der Waals surface area contributed by atoms with Crippen LogP contribution in [0.1, 0.15) is 65.7 Å². The van der Waals surface area contributed by atoms with Gasteiger partial charge in [0.2, 0.25) is 5.91 Å².